The molecule has 0 fully saturated rings. The van der Waals surface area contributed by atoms with Crippen molar-refractivity contribution in [3.05, 3.63) is 34.2 Å². The summed E-state index contributed by atoms with van der Waals surface area (Å²) < 4.78 is 41.0. The molecule has 1 aliphatic rings. The number of aryl methyl sites for hydroxylation is 1. The van der Waals surface area contributed by atoms with Gasteiger partial charge in [0.2, 0.25) is 0 Å². The van der Waals surface area contributed by atoms with Crippen LogP contribution in [-0.4, -0.2) is 5.51 Å². The van der Waals surface area contributed by atoms with Gasteiger partial charge in [0.25, 0.3) is 0 Å². The molecule has 1 aromatic carbocycles. The van der Waals surface area contributed by atoms with E-state index in [1.54, 1.807) is 39.0 Å². The summed E-state index contributed by atoms with van der Waals surface area (Å²) in [5, 5.41) is 0. The summed E-state index contributed by atoms with van der Waals surface area (Å²) >= 11 is 0. The van der Waals surface area contributed by atoms with Gasteiger partial charge in [-0.1, -0.05) is 39.8 Å². The third-order valence-electron chi connectivity index (χ3n) is 3.43. The molecule has 1 aliphatic heterocycles. The first-order valence-corrected chi connectivity index (χ1v) is 8.92. The Bertz CT molecular complexity index is 569. The van der Waals surface area contributed by atoms with Crippen LogP contribution in [0.15, 0.2) is 28.0 Å². The van der Waals surface area contributed by atoms with E-state index < -0.39 is 20.2 Å². The van der Waals surface area contributed by atoms with Gasteiger partial charge >= 0.3 is 5.51 Å². The van der Waals surface area contributed by atoms with Gasteiger partial charge in [-0.3, -0.25) is 0 Å². The molecule has 0 amide bonds. The predicted octanol–water partition coefficient (Wildman–Crippen LogP) is 6.49. The number of fused-ring (bicyclic) bond motifs is 1. The van der Waals surface area contributed by atoms with Crippen molar-refractivity contribution < 1.29 is 13.2 Å². The molecule has 0 nitrogen and oxygen atoms in total. The Kier molecular flexibility index (Phi) is 3.71. The molecule has 0 bridgehead atoms. The van der Waals surface area contributed by atoms with Crippen LogP contribution in [0.3, 0.4) is 0 Å². The molecular formula is C15H18ClF3S. The molecule has 0 radical (unpaired) electrons. The molecule has 2 rings (SSSR count). The second kappa shape index (κ2) is 4.70. The third kappa shape index (κ3) is 2.27. The molecule has 20 heavy (non-hydrogen) atoms. The highest BCUT2D eigenvalue weighted by atomic mass is 35.7. The fraction of sp³-hybridized carbons (Fsp3) is 0.467. The average molecular weight is 323 g/mol. The lowest BCUT2D eigenvalue weighted by molar-refractivity contribution is -0.0362. The van der Waals surface area contributed by atoms with Crippen LogP contribution in [0, 0.1) is 5.41 Å². The van der Waals surface area contributed by atoms with E-state index in [1.807, 2.05) is 13.0 Å². The average Bonchev–Trinajstić information content (AvgIpc) is 2.62. The minimum absolute atomic E-state index is 0.230. The second-order valence-electron chi connectivity index (χ2n) is 5.97. The first kappa shape index (κ1) is 15.8. The molecule has 1 unspecified atom stereocenters. The maximum atomic E-state index is 13.7. The Morgan fingerprint density at radius 1 is 1.15 bits per heavy atom. The van der Waals surface area contributed by atoms with Crippen LogP contribution in [0.1, 0.15) is 38.8 Å². The molecule has 1 heterocycles. The summed E-state index contributed by atoms with van der Waals surface area (Å²) in [6.45, 7) is 7.32. The maximum Gasteiger partial charge on any atom is 0.445 e. The SMILES string of the molecule is CCc1ccc2c(c1)C=C(C(C)(C)C)S2(Cl)C(F)(F)F. The third-order valence-corrected chi connectivity index (χ3v) is 7.91. The zero-order chi connectivity index (χ0) is 15.3. The lowest BCUT2D eigenvalue weighted by Crippen LogP contribution is -2.22. The fourth-order valence-corrected chi connectivity index (χ4v) is 6.23. The number of hydrogen-bond acceptors (Lipinski definition) is 0. The van der Waals surface area contributed by atoms with Gasteiger partial charge in [-0.2, -0.15) is 13.2 Å². The van der Waals surface area contributed by atoms with Crippen LogP contribution in [0.2, 0.25) is 0 Å². The number of halogens is 4. The molecule has 0 spiro atoms. The van der Waals surface area contributed by atoms with Crippen molar-refractivity contribution >= 4 is 26.0 Å². The lowest BCUT2D eigenvalue weighted by Gasteiger charge is -2.39. The van der Waals surface area contributed by atoms with Crippen molar-refractivity contribution in [2.75, 3.05) is 0 Å². The van der Waals surface area contributed by atoms with Gasteiger partial charge < -0.3 is 0 Å². The van der Waals surface area contributed by atoms with Crippen LogP contribution in [0.25, 0.3) is 6.08 Å². The minimum atomic E-state index is -4.44. The summed E-state index contributed by atoms with van der Waals surface area (Å²) in [4.78, 5) is 0.524. The standard InChI is InChI=1S/C15H18ClF3S/c1-5-10-6-7-12-11(8-10)9-13(14(2,3)4)20(12,16)15(17,18)19/h6-9H,5H2,1-4H3. The lowest BCUT2D eigenvalue weighted by atomic mass is 9.94. The monoisotopic (exact) mass is 322 g/mol. The van der Waals surface area contributed by atoms with Crippen molar-refractivity contribution in [1.29, 1.82) is 0 Å². The normalized spacial score (nSPS) is 25.9. The first-order chi connectivity index (χ1) is 9.01. The largest absolute Gasteiger partial charge is 0.445 e. The number of hydrogen-bond donors (Lipinski definition) is 0. The van der Waals surface area contributed by atoms with Crippen molar-refractivity contribution in [1.82, 2.24) is 0 Å². The fourth-order valence-electron chi connectivity index (χ4n) is 2.42. The zero-order valence-electron chi connectivity index (χ0n) is 11.9. The van der Waals surface area contributed by atoms with Crippen molar-refractivity contribution in [2.24, 2.45) is 5.41 Å². The number of benzene rings is 1. The van der Waals surface area contributed by atoms with E-state index in [2.05, 4.69) is 0 Å². The van der Waals surface area contributed by atoms with Gasteiger partial charge in [0.05, 0.1) is 0 Å². The number of alkyl halides is 3. The van der Waals surface area contributed by atoms with E-state index in [-0.39, 0.29) is 4.90 Å². The van der Waals surface area contributed by atoms with Gasteiger partial charge in [-0.05, 0) is 59.9 Å². The van der Waals surface area contributed by atoms with Gasteiger partial charge in [-0.25, -0.2) is 0 Å². The van der Waals surface area contributed by atoms with Gasteiger partial charge in [-0.15, -0.1) is 0 Å². The van der Waals surface area contributed by atoms with Gasteiger partial charge in [0.1, 0.15) is 0 Å². The topological polar surface area (TPSA) is 0 Å². The van der Waals surface area contributed by atoms with Crippen LogP contribution < -0.4 is 0 Å². The maximum absolute atomic E-state index is 13.7. The van der Waals surface area contributed by atoms with E-state index in [0.717, 1.165) is 12.0 Å². The van der Waals surface area contributed by atoms with Crippen LogP contribution >= 0.6 is 19.9 Å². The van der Waals surface area contributed by atoms with E-state index in [1.165, 1.54) is 0 Å². The summed E-state index contributed by atoms with van der Waals surface area (Å²) in [6.07, 6.45) is 2.44. The summed E-state index contributed by atoms with van der Waals surface area (Å²) in [5.74, 6) is 0. The highest BCUT2D eigenvalue weighted by Gasteiger charge is 2.58. The molecular weight excluding hydrogens is 305 g/mol. The quantitative estimate of drug-likeness (QED) is 0.554. The first-order valence-electron chi connectivity index (χ1n) is 6.46. The molecule has 1 atom stereocenters. The molecule has 112 valence electrons. The van der Waals surface area contributed by atoms with E-state index in [9.17, 15) is 13.2 Å². The van der Waals surface area contributed by atoms with E-state index >= 15 is 0 Å². The van der Waals surface area contributed by atoms with E-state index in [0.29, 0.717) is 10.5 Å². The zero-order valence-corrected chi connectivity index (χ0v) is 13.5. The van der Waals surface area contributed by atoms with Gasteiger partial charge in [0.15, 0.2) is 0 Å². The molecule has 0 aromatic heterocycles. The number of rotatable bonds is 1. The molecule has 0 saturated heterocycles. The van der Waals surface area contributed by atoms with Crippen molar-refractivity contribution in [3.63, 3.8) is 0 Å². The van der Waals surface area contributed by atoms with Crippen molar-refractivity contribution in [3.8, 4) is 0 Å². The molecule has 0 N–H and O–H groups in total. The Hall–Kier alpha value is -0.610. The molecule has 5 heteroatoms. The Labute approximate surface area is 123 Å². The highest BCUT2D eigenvalue weighted by molar-refractivity contribution is 8.54. The second-order valence-corrected chi connectivity index (χ2v) is 9.77. The Morgan fingerprint density at radius 3 is 2.20 bits per heavy atom. The highest BCUT2D eigenvalue weighted by Crippen LogP contribution is 2.82. The smallest absolute Gasteiger partial charge is 0.160 e. The molecule has 0 saturated carbocycles. The van der Waals surface area contributed by atoms with E-state index in [4.69, 9.17) is 10.7 Å². The Balaban J connectivity index is 2.71. The van der Waals surface area contributed by atoms with Crippen molar-refractivity contribution in [2.45, 2.75) is 44.5 Å². The van der Waals surface area contributed by atoms with Crippen LogP contribution in [0.4, 0.5) is 13.2 Å². The van der Waals surface area contributed by atoms with Crippen LogP contribution in [-0.2, 0) is 6.42 Å². The predicted molar refractivity (Wildman–Crippen MR) is 81.0 cm³/mol. The Morgan fingerprint density at radius 2 is 1.75 bits per heavy atom. The minimum Gasteiger partial charge on any atom is -0.160 e. The van der Waals surface area contributed by atoms with Crippen LogP contribution in [0.5, 0.6) is 0 Å². The van der Waals surface area contributed by atoms with Gasteiger partial charge in [0, 0.05) is 4.90 Å². The summed E-state index contributed by atoms with van der Waals surface area (Å²) in [7, 11) is 2.74. The number of allylic oxidation sites excluding steroid dienone is 1. The molecule has 0 aliphatic carbocycles. The summed E-state index contributed by atoms with van der Waals surface area (Å²) in [5.41, 5.74) is -3.41. The molecule has 1 aromatic rings. The summed E-state index contributed by atoms with van der Waals surface area (Å²) in [6, 6.07) is 5.12.